The molecular formula is C73H80N4O12. The lowest BCUT2D eigenvalue weighted by atomic mass is 9.44. The zero-order chi connectivity index (χ0) is 62.7. The average molecular weight is 1210 g/mol. The number of carbonyl (C=O) groups excluding carboxylic acids is 4. The van der Waals surface area contributed by atoms with E-state index in [2.05, 4.69) is 0 Å². The average Bonchev–Trinajstić information content (AvgIpc) is 0.687. The molecule has 0 fully saturated rings. The molecule has 0 aliphatic carbocycles. The normalized spacial score (nSPS) is 15.1. The van der Waals surface area contributed by atoms with Gasteiger partial charge in [-0.2, -0.15) is 20.3 Å². The van der Waals surface area contributed by atoms with Crippen LogP contribution in [0.3, 0.4) is 0 Å². The first kappa shape index (κ1) is 66.9. The van der Waals surface area contributed by atoms with Gasteiger partial charge in [0.05, 0.1) is 26.4 Å². The van der Waals surface area contributed by atoms with Gasteiger partial charge in [0.1, 0.15) is 27.8 Å². The Balaban J connectivity index is 1.24. The Kier molecular flexibility index (Phi) is 25.2. The van der Waals surface area contributed by atoms with Crippen LogP contribution in [0, 0.1) is 5.41 Å². The fourth-order valence-corrected chi connectivity index (χ4v) is 11.8. The largest absolute Gasteiger partial charge is 0.381 e. The Labute approximate surface area is 521 Å². The van der Waals surface area contributed by atoms with Crippen molar-refractivity contribution in [3.63, 3.8) is 0 Å². The topological polar surface area (TPSA) is 199 Å². The van der Waals surface area contributed by atoms with Crippen LogP contribution < -0.4 is 0 Å². The molecule has 8 aromatic carbocycles. The highest BCUT2D eigenvalue weighted by Gasteiger charge is 2.80. The van der Waals surface area contributed by atoms with E-state index in [4.69, 9.17) is 19.4 Å². The Morgan fingerprint density at radius 1 is 0.247 bits per heavy atom. The summed E-state index contributed by atoms with van der Waals surface area (Å²) in [6.45, 7) is -0.913. The van der Waals surface area contributed by atoms with Crippen LogP contribution in [0.1, 0.15) is 70.2 Å². The van der Waals surface area contributed by atoms with E-state index >= 15 is 0 Å². The van der Waals surface area contributed by atoms with Gasteiger partial charge in [-0.25, -0.2) is 0 Å². The summed E-state index contributed by atoms with van der Waals surface area (Å²) in [5.41, 5.74) is -10.7. The molecule has 89 heavy (non-hydrogen) atoms. The van der Waals surface area contributed by atoms with Crippen LogP contribution in [0.2, 0.25) is 0 Å². The van der Waals surface area contributed by atoms with E-state index in [9.17, 15) is 39.6 Å². The number of hydrogen-bond donors (Lipinski definition) is 4. The minimum atomic E-state index is -3.66. The van der Waals surface area contributed by atoms with Gasteiger partial charge in [0.2, 0.25) is 0 Å². The molecule has 8 aromatic rings. The van der Waals surface area contributed by atoms with E-state index in [0.717, 1.165) is 44.5 Å². The summed E-state index contributed by atoms with van der Waals surface area (Å²) in [6.07, 6.45) is -3.95. The third-order valence-electron chi connectivity index (χ3n) is 16.0. The number of rotatable bonds is 40. The summed E-state index contributed by atoms with van der Waals surface area (Å²) in [4.78, 5) is 84.5. The number of carbonyl (C=O) groups is 4. The number of hydrogen-bond acceptors (Lipinski definition) is 16. The van der Waals surface area contributed by atoms with E-state index in [1.807, 2.05) is 243 Å². The molecule has 8 rings (SSSR count). The Morgan fingerprint density at radius 2 is 0.382 bits per heavy atom. The number of hydroxylamine groups is 8. The van der Waals surface area contributed by atoms with E-state index in [-0.39, 0.29) is 77.5 Å². The molecule has 0 heterocycles. The molecule has 4 atom stereocenters. The molecule has 4 N–H and O–H groups in total. The Hall–Kier alpha value is -8.04. The molecule has 0 radical (unpaired) electrons. The summed E-state index contributed by atoms with van der Waals surface area (Å²) in [7, 11) is 0. The minimum absolute atomic E-state index is 0.0552. The molecule has 0 saturated carbocycles. The van der Waals surface area contributed by atoms with Crippen molar-refractivity contribution in [3.05, 3.63) is 287 Å². The summed E-state index contributed by atoms with van der Waals surface area (Å²) in [5.74, 6) is 0. The lowest BCUT2D eigenvalue weighted by Gasteiger charge is -2.62. The van der Waals surface area contributed by atoms with Crippen molar-refractivity contribution in [2.45, 2.75) is 100 Å². The predicted octanol–water partition coefficient (Wildman–Crippen LogP) is 9.79. The molecule has 4 unspecified atom stereocenters. The Morgan fingerprint density at radius 3 is 0.506 bits per heavy atom. The molecule has 0 spiro atoms. The molecule has 0 bridgehead atoms. The second-order valence-electron chi connectivity index (χ2n) is 22.3. The van der Waals surface area contributed by atoms with Crippen LogP contribution in [0.25, 0.3) is 0 Å². The first-order chi connectivity index (χ1) is 43.4. The molecule has 0 aliphatic heterocycles. The lowest BCUT2D eigenvalue weighted by molar-refractivity contribution is -0.318. The van der Waals surface area contributed by atoms with Gasteiger partial charge in [0.25, 0.3) is 0 Å². The second-order valence-corrected chi connectivity index (χ2v) is 22.3. The fourth-order valence-electron chi connectivity index (χ4n) is 11.8. The molecule has 0 aromatic heterocycles. The van der Waals surface area contributed by atoms with Crippen LogP contribution >= 0.6 is 0 Å². The van der Waals surface area contributed by atoms with Gasteiger partial charge in [0, 0.05) is 78.0 Å². The highest BCUT2D eigenvalue weighted by atomic mass is 16.7. The molecule has 16 heteroatoms. The summed E-state index contributed by atoms with van der Waals surface area (Å²) < 4.78 is 0. The first-order valence-corrected chi connectivity index (χ1v) is 29.9. The van der Waals surface area contributed by atoms with Crippen molar-refractivity contribution < 1.29 is 59.0 Å². The highest BCUT2D eigenvalue weighted by Crippen LogP contribution is 2.59. The van der Waals surface area contributed by atoms with E-state index in [1.165, 1.54) is 0 Å². The minimum Gasteiger partial charge on any atom is -0.381 e. The maximum absolute atomic E-state index is 14.7. The van der Waals surface area contributed by atoms with Crippen molar-refractivity contribution >= 4 is 25.1 Å². The van der Waals surface area contributed by atoms with E-state index < -0.39 is 79.9 Å². The van der Waals surface area contributed by atoms with Crippen molar-refractivity contribution in [1.29, 1.82) is 0 Å². The first-order valence-electron chi connectivity index (χ1n) is 29.9. The predicted molar refractivity (Wildman–Crippen MR) is 337 cm³/mol. The van der Waals surface area contributed by atoms with Gasteiger partial charge in [-0.3, -0.25) is 19.4 Å². The standard InChI is InChI=1S/C73H80N4O12/c78-57-69(82,41-45-86-74(49-61-25-9-1-10-26-61)50-62-27-11-2-12-28-62)73(70(83,58-79)42-46-87-75(51-63-29-13-3-14-30-63)52-64-31-15-4-16-32-64,71(84,59-80)43-47-88-76(53-65-33-17-5-18-34-65)54-66-35-19-6-20-36-66)72(85,60-81)44-48-89-77(55-67-37-21-7-22-38-67)56-68-39-23-8-24-40-68/h1-40,57-60,82-85H,41-56H2. The summed E-state index contributed by atoms with van der Waals surface area (Å²) >= 11 is 0. The third-order valence-corrected chi connectivity index (χ3v) is 16.0. The fraction of sp³-hybridized carbons (Fsp3) is 0.288. The van der Waals surface area contributed by atoms with Crippen LogP contribution in [-0.2, 0) is 90.9 Å². The number of aliphatic hydroxyl groups is 4. The number of benzene rings is 8. The Bertz CT molecular complexity index is 2720. The van der Waals surface area contributed by atoms with Gasteiger partial charge in [-0.1, -0.05) is 243 Å². The maximum atomic E-state index is 14.7. The van der Waals surface area contributed by atoms with Gasteiger partial charge in [0.15, 0.2) is 25.1 Å². The van der Waals surface area contributed by atoms with Crippen LogP contribution in [-0.4, -0.2) is 115 Å². The zero-order valence-electron chi connectivity index (χ0n) is 50.1. The quantitative estimate of drug-likeness (QED) is 0.0209. The second kappa shape index (κ2) is 33.5. The van der Waals surface area contributed by atoms with Crippen LogP contribution in [0.5, 0.6) is 0 Å². The zero-order valence-corrected chi connectivity index (χ0v) is 50.1. The van der Waals surface area contributed by atoms with Crippen molar-refractivity contribution in [3.8, 4) is 0 Å². The molecular weight excluding hydrogens is 1120 g/mol. The van der Waals surface area contributed by atoms with Crippen molar-refractivity contribution in [1.82, 2.24) is 20.3 Å². The maximum Gasteiger partial charge on any atom is 0.152 e. The number of aldehydes is 4. The third kappa shape index (κ3) is 18.1. The molecule has 16 nitrogen and oxygen atoms in total. The molecule has 464 valence electrons. The van der Waals surface area contributed by atoms with Gasteiger partial charge in [-0.05, 0) is 44.5 Å². The smallest absolute Gasteiger partial charge is 0.152 e. The van der Waals surface area contributed by atoms with Crippen LogP contribution in [0.4, 0.5) is 0 Å². The monoisotopic (exact) mass is 1200 g/mol. The van der Waals surface area contributed by atoms with Crippen molar-refractivity contribution in [2.24, 2.45) is 5.41 Å². The number of nitrogens with zero attached hydrogens (tertiary/aromatic N) is 4. The van der Waals surface area contributed by atoms with Crippen LogP contribution in [0.15, 0.2) is 243 Å². The highest BCUT2D eigenvalue weighted by molar-refractivity contribution is 5.83. The van der Waals surface area contributed by atoms with E-state index in [1.54, 1.807) is 20.3 Å². The summed E-state index contributed by atoms with van der Waals surface area (Å²) in [5, 5.41) is 61.7. The van der Waals surface area contributed by atoms with Crippen molar-refractivity contribution in [2.75, 3.05) is 26.4 Å². The summed E-state index contributed by atoms with van der Waals surface area (Å²) in [6, 6.07) is 75.0. The van der Waals surface area contributed by atoms with Gasteiger partial charge in [-0.15, -0.1) is 0 Å². The van der Waals surface area contributed by atoms with Gasteiger partial charge >= 0.3 is 0 Å². The molecule has 0 saturated heterocycles. The van der Waals surface area contributed by atoms with Gasteiger partial charge < -0.3 is 39.6 Å². The lowest BCUT2D eigenvalue weighted by Crippen LogP contribution is -2.83. The SMILES string of the molecule is O=CC(O)(CCON(Cc1ccccc1)Cc1ccccc1)C(C(O)(C=O)CCON(Cc1ccccc1)Cc1ccccc1)(C(O)(C=O)CCON(Cc1ccccc1)Cc1ccccc1)C(O)(C=O)CCON(Cc1ccccc1)Cc1ccccc1. The van der Waals surface area contributed by atoms with E-state index in [0.29, 0.717) is 0 Å². The molecule has 0 aliphatic rings. The molecule has 0 amide bonds.